The van der Waals surface area contributed by atoms with E-state index in [9.17, 15) is 4.79 Å². The summed E-state index contributed by atoms with van der Waals surface area (Å²) in [5.74, 6) is -0.166. The molecule has 0 spiro atoms. The van der Waals surface area contributed by atoms with Gasteiger partial charge in [0.15, 0.2) is 0 Å². The molecule has 0 N–H and O–H groups in total. The van der Waals surface area contributed by atoms with E-state index < -0.39 is 5.54 Å². The van der Waals surface area contributed by atoms with Gasteiger partial charge in [-0.1, -0.05) is 43.2 Å². The molecule has 0 radical (unpaired) electrons. The van der Waals surface area contributed by atoms with E-state index in [0.717, 1.165) is 31.5 Å². The molecule has 0 aromatic heterocycles. The van der Waals surface area contributed by atoms with Crippen LogP contribution in [0.15, 0.2) is 30.3 Å². The molecule has 0 amide bonds. The monoisotopic (exact) mass is 261 g/mol. The molecular formula is C16H23NO2. The standard InChI is InChI=1S/C16H23NO2/c1-16(15(18)19-2,14-10-6-5-7-11-14)17-12-8-3-4-9-13-17/h5-7,10-11H,3-4,8-9,12-13H2,1-2H3/t16-/m1/s1. The summed E-state index contributed by atoms with van der Waals surface area (Å²) in [5.41, 5.74) is 0.351. The Morgan fingerprint density at radius 2 is 1.68 bits per heavy atom. The average molecular weight is 261 g/mol. The SMILES string of the molecule is COC(=O)[C@@](C)(c1ccccc1)N1CCCCCC1. The molecule has 2 rings (SSSR count). The fourth-order valence-corrected chi connectivity index (χ4v) is 2.91. The number of carbonyl (C=O) groups excluding carboxylic acids is 1. The number of hydrogen-bond acceptors (Lipinski definition) is 3. The third-order valence-electron chi connectivity index (χ3n) is 4.16. The normalized spacial score (nSPS) is 20.3. The van der Waals surface area contributed by atoms with Gasteiger partial charge < -0.3 is 4.74 Å². The molecule has 1 fully saturated rings. The average Bonchev–Trinajstić information content (AvgIpc) is 2.76. The lowest BCUT2D eigenvalue weighted by atomic mass is 9.89. The Bertz CT molecular complexity index is 410. The van der Waals surface area contributed by atoms with Crippen LogP contribution in [0.2, 0.25) is 0 Å². The molecule has 0 bridgehead atoms. The molecule has 1 aliphatic rings. The maximum Gasteiger partial charge on any atom is 0.330 e. The van der Waals surface area contributed by atoms with Crippen molar-refractivity contribution < 1.29 is 9.53 Å². The Kier molecular flexibility index (Phi) is 4.59. The molecular weight excluding hydrogens is 238 g/mol. The molecule has 0 unspecified atom stereocenters. The smallest absolute Gasteiger partial charge is 0.330 e. The van der Waals surface area contributed by atoms with Crippen molar-refractivity contribution in [2.45, 2.75) is 38.1 Å². The minimum atomic E-state index is -0.666. The topological polar surface area (TPSA) is 29.5 Å². The van der Waals surface area contributed by atoms with Crippen LogP contribution in [0, 0.1) is 0 Å². The Morgan fingerprint density at radius 3 is 2.21 bits per heavy atom. The lowest BCUT2D eigenvalue weighted by molar-refractivity contribution is -0.155. The molecule has 3 nitrogen and oxygen atoms in total. The van der Waals surface area contributed by atoms with Gasteiger partial charge in [0.25, 0.3) is 0 Å². The van der Waals surface area contributed by atoms with Crippen molar-refractivity contribution in [3.05, 3.63) is 35.9 Å². The van der Waals surface area contributed by atoms with Crippen LogP contribution in [0.1, 0.15) is 38.2 Å². The van der Waals surface area contributed by atoms with E-state index >= 15 is 0 Å². The molecule has 1 atom stereocenters. The van der Waals surface area contributed by atoms with Crippen molar-refractivity contribution in [1.82, 2.24) is 4.90 Å². The van der Waals surface area contributed by atoms with Gasteiger partial charge >= 0.3 is 5.97 Å². The van der Waals surface area contributed by atoms with Crippen molar-refractivity contribution in [2.75, 3.05) is 20.2 Å². The van der Waals surface area contributed by atoms with Gasteiger partial charge in [-0.25, -0.2) is 4.79 Å². The first kappa shape index (κ1) is 14.1. The predicted molar refractivity (Wildman–Crippen MR) is 75.9 cm³/mol. The van der Waals surface area contributed by atoms with Gasteiger partial charge in [-0.3, -0.25) is 4.90 Å². The first-order valence-electron chi connectivity index (χ1n) is 7.08. The van der Waals surface area contributed by atoms with E-state index in [4.69, 9.17) is 4.74 Å². The first-order chi connectivity index (χ1) is 9.19. The van der Waals surface area contributed by atoms with Crippen LogP contribution >= 0.6 is 0 Å². The first-order valence-corrected chi connectivity index (χ1v) is 7.08. The molecule has 1 heterocycles. The van der Waals surface area contributed by atoms with Crippen LogP contribution in [-0.2, 0) is 15.1 Å². The van der Waals surface area contributed by atoms with Crippen molar-refractivity contribution in [3.63, 3.8) is 0 Å². The van der Waals surface area contributed by atoms with Gasteiger partial charge in [0, 0.05) is 0 Å². The minimum Gasteiger partial charge on any atom is -0.467 e. The number of benzene rings is 1. The summed E-state index contributed by atoms with van der Waals surface area (Å²) in [6, 6.07) is 9.97. The van der Waals surface area contributed by atoms with E-state index in [-0.39, 0.29) is 5.97 Å². The van der Waals surface area contributed by atoms with Gasteiger partial charge in [-0.2, -0.15) is 0 Å². The lowest BCUT2D eigenvalue weighted by Gasteiger charge is -2.38. The van der Waals surface area contributed by atoms with E-state index in [2.05, 4.69) is 4.90 Å². The maximum atomic E-state index is 12.4. The molecule has 104 valence electrons. The van der Waals surface area contributed by atoms with Crippen molar-refractivity contribution in [1.29, 1.82) is 0 Å². The lowest BCUT2D eigenvalue weighted by Crippen LogP contribution is -2.50. The molecule has 3 heteroatoms. The summed E-state index contributed by atoms with van der Waals surface area (Å²) in [6.45, 7) is 3.90. The number of methoxy groups -OCH3 is 1. The van der Waals surface area contributed by atoms with Gasteiger partial charge in [0.2, 0.25) is 0 Å². The van der Waals surface area contributed by atoms with E-state index in [0.29, 0.717) is 0 Å². The number of rotatable bonds is 3. The molecule has 1 aliphatic heterocycles. The van der Waals surface area contributed by atoms with Crippen LogP contribution in [0.25, 0.3) is 0 Å². The van der Waals surface area contributed by atoms with Gasteiger partial charge in [-0.15, -0.1) is 0 Å². The Hall–Kier alpha value is -1.35. The maximum absolute atomic E-state index is 12.4. The Labute approximate surface area is 115 Å². The van der Waals surface area contributed by atoms with Crippen LogP contribution in [0.4, 0.5) is 0 Å². The number of esters is 1. The van der Waals surface area contributed by atoms with Crippen molar-refractivity contribution in [3.8, 4) is 0 Å². The highest BCUT2D eigenvalue weighted by atomic mass is 16.5. The zero-order chi connectivity index (χ0) is 13.7. The molecule has 19 heavy (non-hydrogen) atoms. The Morgan fingerprint density at radius 1 is 1.11 bits per heavy atom. The van der Waals surface area contributed by atoms with Crippen LogP contribution in [-0.4, -0.2) is 31.1 Å². The Balaban J connectivity index is 2.36. The van der Waals surface area contributed by atoms with E-state index in [1.807, 2.05) is 37.3 Å². The molecule has 1 aromatic carbocycles. The van der Waals surface area contributed by atoms with Crippen LogP contribution in [0.3, 0.4) is 0 Å². The highest BCUT2D eigenvalue weighted by Crippen LogP contribution is 2.31. The van der Waals surface area contributed by atoms with Crippen molar-refractivity contribution in [2.24, 2.45) is 0 Å². The zero-order valence-electron chi connectivity index (χ0n) is 11.9. The number of carbonyl (C=O) groups is 1. The number of nitrogens with zero attached hydrogens (tertiary/aromatic N) is 1. The largest absolute Gasteiger partial charge is 0.467 e. The minimum absolute atomic E-state index is 0.166. The summed E-state index contributed by atoms with van der Waals surface area (Å²) >= 11 is 0. The summed E-state index contributed by atoms with van der Waals surface area (Å²) in [6.07, 6.45) is 4.81. The summed E-state index contributed by atoms with van der Waals surface area (Å²) in [5, 5.41) is 0. The van der Waals surface area contributed by atoms with Gasteiger partial charge in [0.05, 0.1) is 7.11 Å². The summed E-state index contributed by atoms with van der Waals surface area (Å²) < 4.78 is 5.08. The fourth-order valence-electron chi connectivity index (χ4n) is 2.91. The van der Waals surface area contributed by atoms with Crippen LogP contribution in [0.5, 0.6) is 0 Å². The highest BCUT2D eigenvalue weighted by molar-refractivity contribution is 5.82. The molecule has 0 aliphatic carbocycles. The number of likely N-dealkylation sites (tertiary alicyclic amines) is 1. The van der Waals surface area contributed by atoms with Crippen LogP contribution < -0.4 is 0 Å². The fraction of sp³-hybridized carbons (Fsp3) is 0.562. The summed E-state index contributed by atoms with van der Waals surface area (Å²) in [7, 11) is 1.47. The summed E-state index contributed by atoms with van der Waals surface area (Å²) in [4.78, 5) is 14.7. The van der Waals surface area contributed by atoms with Gasteiger partial charge in [-0.05, 0) is 38.4 Å². The van der Waals surface area contributed by atoms with Crippen molar-refractivity contribution >= 4 is 5.97 Å². The third kappa shape index (κ3) is 2.81. The van der Waals surface area contributed by atoms with E-state index in [1.54, 1.807) is 0 Å². The predicted octanol–water partition coefficient (Wildman–Crippen LogP) is 2.95. The number of ether oxygens (including phenoxy) is 1. The quantitative estimate of drug-likeness (QED) is 0.783. The second kappa shape index (κ2) is 6.20. The second-order valence-electron chi connectivity index (χ2n) is 5.33. The molecule has 1 saturated heterocycles. The third-order valence-corrected chi connectivity index (χ3v) is 4.16. The number of hydrogen-bond donors (Lipinski definition) is 0. The van der Waals surface area contributed by atoms with Gasteiger partial charge in [0.1, 0.15) is 5.54 Å². The highest BCUT2D eigenvalue weighted by Gasteiger charge is 2.42. The zero-order valence-corrected chi connectivity index (χ0v) is 11.9. The molecule has 0 saturated carbocycles. The second-order valence-corrected chi connectivity index (χ2v) is 5.33. The van der Waals surface area contributed by atoms with E-state index in [1.165, 1.54) is 20.0 Å². The molecule has 1 aromatic rings.